The highest BCUT2D eigenvalue weighted by molar-refractivity contribution is 6.46. The largest absolute Gasteiger partial charge is 0.350 e. The average Bonchev–Trinajstić information content (AvgIpc) is 3.00. The number of benzene rings is 3. The van der Waals surface area contributed by atoms with Gasteiger partial charge in [0.25, 0.3) is 11.8 Å². The molecule has 0 saturated carbocycles. The van der Waals surface area contributed by atoms with Gasteiger partial charge in [-0.1, -0.05) is 30.3 Å². The molecule has 1 aliphatic rings. The number of nitrogens with zero attached hydrogens (tertiary/aromatic N) is 1. The van der Waals surface area contributed by atoms with E-state index in [1.807, 2.05) is 19.1 Å². The second-order valence-corrected chi connectivity index (χ2v) is 7.37. The Hall–Kier alpha value is -4.26. The Bertz CT molecular complexity index is 1250. The molecule has 3 amide bonds. The monoisotopic (exact) mass is 429 g/mol. The number of imide groups is 1. The smallest absolute Gasteiger partial charge is 0.282 e. The predicted octanol–water partition coefficient (Wildman–Crippen LogP) is 4.49. The molecule has 0 saturated heterocycles. The van der Waals surface area contributed by atoms with Crippen LogP contribution in [0.3, 0.4) is 0 Å². The molecule has 1 heterocycles. The minimum absolute atomic E-state index is 0.0946. The van der Waals surface area contributed by atoms with E-state index in [1.165, 1.54) is 31.2 Å². The van der Waals surface area contributed by atoms with Gasteiger partial charge < -0.3 is 10.6 Å². The molecule has 32 heavy (non-hydrogen) atoms. The van der Waals surface area contributed by atoms with Gasteiger partial charge in [-0.2, -0.15) is 0 Å². The first-order chi connectivity index (χ1) is 15.3. The van der Waals surface area contributed by atoms with Crippen LogP contribution >= 0.6 is 0 Å². The Morgan fingerprint density at radius 1 is 0.844 bits per heavy atom. The maximum atomic E-state index is 13.5. The Morgan fingerprint density at radius 3 is 2.09 bits per heavy atom. The molecule has 0 spiro atoms. The van der Waals surface area contributed by atoms with E-state index < -0.39 is 17.6 Å². The summed E-state index contributed by atoms with van der Waals surface area (Å²) < 4.78 is 13.3. The number of carbonyl (C=O) groups is 3. The van der Waals surface area contributed by atoms with Gasteiger partial charge in [0, 0.05) is 18.3 Å². The third-order valence-corrected chi connectivity index (χ3v) is 5.05. The van der Waals surface area contributed by atoms with Crippen LogP contribution in [0.2, 0.25) is 0 Å². The topological polar surface area (TPSA) is 78.5 Å². The van der Waals surface area contributed by atoms with E-state index in [-0.39, 0.29) is 17.2 Å². The van der Waals surface area contributed by atoms with Crippen LogP contribution < -0.4 is 15.5 Å². The quantitative estimate of drug-likeness (QED) is 0.586. The van der Waals surface area contributed by atoms with E-state index in [0.29, 0.717) is 22.6 Å². The van der Waals surface area contributed by atoms with E-state index in [4.69, 9.17) is 0 Å². The summed E-state index contributed by atoms with van der Waals surface area (Å²) in [5, 5.41) is 5.67. The van der Waals surface area contributed by atoms with E-state index >= 15 is 0 Å². The van der Waals surface area contributed by atoms with Crippen LogP contribution in [-0.4, -0.2) is 17.7 Å². The van der Waals surface area contributed by atoms with E-state index in [2.05, 4.69) is 10.6 Å². The molecule has 0 radical (unpaired) electrons. The van der Waals surface area contributed by atoms with E-state index in [9.17, 15) is 18.8 Å². The van der Waals surface area contributed by atoms with Crippen LogP contribution in [-0.2, 0) is 14.4 Å². The van der Waals surface area contributed by atoms with Crippen molar-refractivity contribution in [3.63, 3.8) is 0 Å². The number of nitrogens with one attached hydrogen (secondary N) is 2. The van der Waals surface area contributed by atoms with Crippen LogP contribution in [0.25, 0.3) is 5.57 Å². The Balaban J connectivity index is 1.79. The number of para-hydroxylation sites is 1. The molecule has 7 heteroatoms. The van der Waals surface area contributed by atoms with Crippen molar-refractivity contribution in [1.82, 2.24) is 0 Å². The second kappa shape index (κ2) is 8.47. The lowest BCUT2D eigenvalue weighted by Gasteiger charge is -2.17. The van der Waals surface area contributed by atoms with Crippen LogP contribution in [0.15, 0.2) is 78.5 Å². The first kappa shape index (κ1) is 21.0. The fourth-order valence-corrected chi connectivity index (χ4v) is 3.55. The first-order valence-electron chi connectivity index (χ1n) is 9.94. The van der Waals surface area contributed by atoms with Crippen LogP contribution in [0.5, 0.6) is 0 Å². The van der Waals surface area contributed by atoms with Gasteiger partial charge in [0.05, 0.1) is 11.3 Å². The summed E-state index contributed by atoms with van der Waals surface area (Å²) in [6.45, 7) is 3.23. The van der Waals surface area contributed by atoms with Gasteiger partial charge in [0.2, 0.25) is 5.91 Å². The van der Waals surface area contributed by atoms with Crippen LogP contribution in [0, 0.1) is 12.7 Å². The molecular formula is C25H20FN3O3. The Labute approximate surface area is 184 Å². The summed E-state index contributed by atoms with van der Waals surface area (Å²) in [7, 11) is 0. The van der Waals surface area contributed by atoms with Gasteiger partial charge in [0.1, 0.15) is 11.5 Å². The summed E-state index contributed by atoms with van der Waals surface area (Å²) in [6.07, 6.45) is 0. The Morgan fingerprint density at radius 2 is 1.47 bits per heavy atom. The maximum absolute atomic E-state index is 13.5. The minimum Gasteiger partial charge on any atom is -0.350 e. The lowest BCUT2D eigenvalue weighted by molar-refractivity contribution is -0.120. The third kappa shape index (κ3) is 4.00. The highest BCUT2D eigenvalue weighted by Gasteiger charge is 2.40. The van der Waals surface area contributed by atoms with Crippen molar-refractivity contribution in [2.24, 2.45) is 0 Å². The average molecular weight is 429 g/mol. The zero-order valence-corrected chi connectivity index (χ0v) is 17.5. The summed E-state index contributed by atoms with van der Waals surface area (Å²) in [5.41, 5.74) is 3.11. The molecule has 0 aromatic heterocycles. The SMILES string of the molecule is CC(=O)Nc1ccc(C2=C(Nc3ccc(F)cc3)C(=O)N(c3ccccc3C)C2=O)cc1. The molecule has 3 aromatic rings. The molecule has 0 aliphatic carbocycles. The number of carbonyl (C=O) groups excluding carboxylic acids is 3. The van der Waals surface area contributed by atoms with Crippen LogP contribution in [0.1, 0.15) is 18.1 Å². The molecule has 4 rings (SSSR count). The van der Waals surface area contributed by atoms with Crippen molar-refractivity contribution in [1.29, 1.82) is 0 Å². The highest BCUT2D eigenvalue weighted by Crippen LogP contribution is 2.35. The minimum atomic E-state index is -0.505. The molecule has 6 nitrogen and oxygen atoms in total. The molecule has 0 fully saturated rings. The fourth-order valence-electron chi connectivity index (χ4n) is 3.55. The number of rotatable bonds is 5. The third-order valence-electron chi connectivity index (χ3n) is 5.05. The fraction of sp³-hybridized carbons (Fsp3) is 0.0800. The number of halogens is 1. The summed E-state index contributed by atoms with van der Waals surface area (Å²) in [5.74, 6) is -1.60. The normalized spacial score (nSPS) is 13.5. The van der Waals surface area contributed by atoms with Gasteiger partial charge in [-0.3, -0.25) is 14.4 Å². The number of hydrogen-bond donors (Lipinski definition) is 2. The number of anilines is 3. The summed E-state index contributed by atoms with van der Waals surface area (Å²) >= 11 is 0. The predicted molar refractivity (Wildman–Crippen MR) is 121 cm³/mol. The molecule has 160 valence electrons. The molecule has 3 aromatic carbocycles. The van der Waals surface area contributed by atoms with Crippen molar-refractivity contribution in [3.05, 3.63) is 95.4 Å². The zero-order valence-electron chi connectivity index (χ0n) is 17.5. The molecule has 2 N–H and O–H groups in total. The molecule has 1 aliphatic heterocycles. The van der Waals surface area contributed by atoms with Gasteiger partial charge in [-0.05, 0) is 60.5 Å². The van der Waals surface area contributed by atoms with Crippen molar-refractivity contribution in [2.75, 3.05) is 15.5 Å². The number of hydrogen-bond acceptors (Lipinski definition) is 4. The molecule has 0 bridgehead atoms. The first-order valence-corrected chi connectivity index (χ1v) is 9.94. The summed E-state index contributed by atoms with van der Waals surface area (Å²) in [6, 6.07) is 19.3. The number of aryl methyl sites for hydroxylation is 1. The van der Waals surface area contributed by atoms with Crippen molar-refractivity contribution >= 4 is 40.4 Å². The van der Waals surface area contributed by atoms with Crippen molar-refractivity contribution in [2.45, 2.75) is 13.8 Å². The van der Waals surface area contributed by atoms with Crippen molar-refractivity contribution in [3.8, 4) is 0 Å². The number of amides is 3. The molecular weight excluding hydrogens is 409 g/mol. The molecule has 0 unspecified atom stereocenters. The lowest BCUT2D eigenvalue weighted by atomic mass is 10.0. The second-order valence-electron chi connectivity index (χ2n) is 7.37. The van der Waals surface area contributed by atoms with Crippen molar-refractivity contribution < 1.29 is 18.8 Å². The zero-order chi connectivity index (χ0) is 22.8. The summed E-state index contributed by atoms with van der Waals surface area (Å²) in [4.78, 5) is 39.3. The van der Waals surface area contributed by atoms with E-state index in [0.717, 1.165) is 10.5 Å². The van der Waals surface area contributed by atoms with Gasteiger partial charge in [-0.15, -0.1) is 0 Å². The lowest BCUT2D eigenvalue weighted by Crippen LogP contribution is -2.33. The van der Waals surface area contributed by atoms with Crippen LogP contribution in [0.4, 0.5) is 21.5 Å². The maximum Gasteiger partial charge on any atom is 0.282 e. The van der Waals surface area contributed by atoms with Gasteiger partial charge in [-0.25, -0.2) is 9.29 Å². The Kier molecular flexibility index (Phi) is 5.55. The van der Waals surface area contributed by atoms with Gasteiger partial charge >= 0.3 is 0 Å². The highest BCUT2D eigenvalue weighted by atomic mass is 19.1. The standard InChI is InChI=1S/C25H20FN3O3/c1-15-5-3-4-6-21(15)29-24(31)22(17-7-11-19(12-8-17)27-16(2)30)23(25(29)32)28-20-13-9-18(26)10-14-20/h3-14,28H,1-2H3,(H,27,30). The van der Waals surface area contributed by atoms with E-state index in [1.54, 1.807) is 36.4 Å². The molecule has 0 atom stereocenters. The van der Waals surface area contributed by atoms with Gasteiger partial charge in [0.15, 0.2) is 0 Å².